The topological polar surface area (TPSA) is 26.0 Å². The van der Waals surface area contributed by atoms with E-state index in [-0.39, 0.29) is 0 Å². The maximum atomic E-state index is 5.65. The van der Waals surface area contributed by atoms with Crippen LogP contribution in [0.5, 0.6) is 0 Å². The molecule has 0 aromatic carbocycles. The minimum absolute atomic E-state index is 0.559. The predicted octanol–water partition coefficient (Wildman–Crippen LogP) is 2.02. The largest absolute Gasteiger partial charge is 0.330 e. The van der Waals surface area contributed by atoms with E-state index in [2.05, 4.69) is 20.8 Å². The SMILES string of the molecule is CC1CC(C)(C)CC1CN. The molecular weight excluding hydrogens is 122 g/mol. The molecule has 0 heterocycles. The third-order valence-corrected chi connectivity index (χ3v) is 2.80. The standard InChI is InChI=1S/C9H19N/c1-7-4-9(2,3)5-8(7)6-10/h7-8H,4-6,10H2,1-3H3. The first-order chi connectivity index (χ1) is 4.55. The lowest BCUT2D eigenvalue weighted by Gasteiger charge is -2.15. The molecule has 10 heavy (non-hydrogen) atoms. The predicted molar refractivity (Wildman–Crippen MR) is 44.7 cm³/mol. The van der Waals surface area contributed by atoms with Crippen molar-refractivity contribution >= 4 is 0 Å². The normalized spacial score (nSPS) is 38.4. The highest BCUT2D eigenvalue weighted by Gasteiger charge is 2.35. The second kappa shape index (κ2) is 2.54. The molecule has 0 aromatic rings. The summed E-state index contributed by atoms with van der Waals surface area (Å²) in [5, 5.41) is 0. The van der Waals surface area contributed by atoms with Gasteiger partial charge in [0.2, 0.25) is 0 Å². The molecule has 0 aromatic heterocycles. The van der Waals surface area contributed by atoms with Crippen molar-refractivity contribution in [2.45, 2.75) is 33.6 Å². The minimum atomic E-state index is 0.559. The summed E-state index contributed by atoms with van der Waals surface area (Å²) in [4.78, 5) is 0. The lowest BCUT2D eigenvalue weighted by Crippen LogP contribution is -2.16. The summed E-state index contributed by atoms with van der Waals surface area (Å²) < 4.78 is 0. The monoisotopic (exact) mass is 141 g/mol. The summed E-state index contributed by atoms with van der Waals surface area (Å²) in [6.07, 6.45) is 2.68. The summed E-state index contributed by atoms with van der Waals surface area (Å²) in [7, 11) is 0. The molecule has 60 valence electrons. The van der Waals surface area contributed by atoms with Gasteiger partial charge in [0, 0.05) is 0 Å². The Morgan fingerprint density at radius 1 is 1.40 bits per heavy atom. The minimum Gasteiger partial charge on any atom is -0.330 e. The van der Waals surface area contributed by atoms with Crippen molar-refractivity contribution in [3.8, 4) is 0 Å². The van der Waals surface area contributed by atoms with E-state index in [1.54, 1.807) is 0 Å². The van der Waals surface area contributed by atoms with Gasteiger partial charge in [-0.15, -0.1) is 0 Å². The van der Waals surface area contributed by atoms with E-state index >= 15 is 0 Å². The Bertz CT molecular complexity index is 118. The van der Waals surface area contributed by atoms with E-state index in [4.69, 9.17) is 5.73 Å². The number of hydrogen-bond acceptors (Lipinski definition) is 1. The lowest BCUT2D eigenvalue weighted by molar-refractivity contribution is 0.361. The van der Waals surface area contributed by atoms with Crippen LogP contribution < -0.4 is 5.73 Å². The van der Waals surface area contributed by atoms with Crippen molar-refractivity contribution in [1.29, 1.82) is 0 Å². The molecule has 1 aliphatic rings. The van der Waals surface area contributed by atoms with Crippen LogP contribution in [0.2, 0.25) is 0 Å². The van der Waals surface area contributed by atoms with Crippen LogP contribution >= 0.6 is 0 Å². The molecule has 1 rings (SSSR count). The van der Waals surface area contributed by atoms with Crippen molar-refractivity contribution in [3.63, 3.8) is 0 Å². The van der Waals surface area contributed by atoms with E-state index in [1.165, 1.54) is 12.8 Å². The highest BCUT2D eigenvalue weighted by Crippen LogP contribution is 2.44. The molecule has 0 saturated heterocycles. The van der Waals surface area contributed by atoms with Crippen LogP contribution in [0.1, 0.15) is 33.6 Å². The summed E-state index contributed by atoms with van der Waals surface area (Å²) in [6.45, 7) is 7.90. The second-order valence-corrected chi connectivity index (χ2v) is 4.55. The van der Waals surface area contributed by atoms with Crippen LogP contribution in [-0.2, 0) is 0 Å². The smallest absolute Gasteiger partial charge is 0.00461 e. The molecule has 0 bridgehead atoms. The van der Waals surface area contributed by atoms with E-state index in [0.29, 0.717) is 5.41 Å². The molecule has 1 saturated carbocycles. The van der Waals surface area contributed by atoms with Crippen molar-refractivity contribution in [3.05, 3.63) is 0 Å². The summed E-state index contributed by atoms with van der Waals surface area (Å²) in [5.41, 5.74) is 6.20. The third-order valence-electron chi connectivity index (χ3n) is 2.80. The van der Waals surface area contributed by atoms with Gasteiger partial charge in [0.05, 0.1) is 0 Å². The van der Waals surface area contributed by atoms with E-state index < -0.39 is 0 Å². The van der Waals surface area contributed by atoms with Gasteiger partial charge in [-0.25, -0.2) is 0 Å². The average Bonchev–Trinajstić information content (AvgIpc) is 2.05. The summed E-state index contributed by atoms with van der Waals surface area (Å²) >= 11 is 0. The van der Waals surface area contributed by atoms with Gasteiger partial charge in [-0.1, -0.05) is 20.8 Å². The van der Waals surface area contributed by atoms with E-state index in [0.717, 1.165) is 18.4 Å². The Balaban J connectivity index is 2.52. The van der Waals surface area contributed by atoms with Gasteiger partial charge in [0.15, 0.2) is 0 Å². The molecular formula is C9H19N. The van der Waals surface area contributed by atoms with Crippen LogP contribution in [0.4, 0.5) is 0 Å². The first kappa shape index (κ1) is 8.06. The third kappa shape index (κ3) is 1.51. The molecule has 0 aliphatic heterocycles. The lowest BCUT2D eigenvalue weighted by atomic mass is 9.90. The number of rotatable bonds is 1. The zero-order chi connectivity index (χ0) is 7.78. The number of nitrogens with two attached hydrogens (primary N) is 1. The average molecular weight is 141 g/mol. The van der Waals surface area contributed by atoms with Crippen LogP contribution in [0.15, 0.2) is 0 Å². The zero-order valence-electron chi connectivity index (χ0n) is 7.35. The van der Waals surface area contributed by atoms with Crippen LogP contribution in [0.25, 0.3) is 0 Å². The van der Waals surface area contributed by atoms with Crippen molar-refractivity contribution in [2.75, 3.05) is 6.54 Å². The molecule has 1 fully saturated rings. The quantitative estimate of drug-likeness (QED) is 0.594. The van der Waals surface area contributed by atoms with Crippen LogP contribution in [0, 0.1) is 17.3 Å². The fourth-order valence-corrected chi connectivity index (χ4v) is 2.35. The molecule has 0 amide bonds. The first-order valence-corrected chi connectivity index (χ1v) is 4.25. The van der Waals surface area contributed by atoms with Gasteiger partial charge in [-0.3, -0.25) is 0 Å². The summed E-state index contributed by atoms with van der Waals surface area (Å²) in [6, 6.07) is 0. The van der Waals surface area contributed by atoms with E-state index in [9.17, 15) is 0 Å². The van der Waals surface area contributed by atoms with Crippen LogP contribution in [0.3, 0.4) is 0 Å². The molecule has 2 unspecified atom stereocenters. The Morgan fingerprint density at radius 3 is 2.20 bits per heavy atom. The molecule has 2 atom stereocenters. The summed E-state index contributed by atoms with van der Waals surface area (Å²) in [5.74, 6) is 1.63. The first-order valence-electron chi connectivity index (χ1n) is 4.25. The van der Waals surface area contributed by atoms with Gasteiger partial charge >= 0.3 is 0 Å². The van der Waals surface area contributed by atoms with Gasteiger partial charge in [-0.05, 0) is 36.6 Å². The molecule has 1 heteroatoms. The highest BCUT2D eigenvalue weighted by molar-refractivity contribution is 4.86. The van der Waals surface area contributed by atoms with Gasteiger partial charge in [0.1, 0.15) is 0 Å². The van der Waals surface area contributed by atoms with Crippen LogP contribution in [-0.4, -0.2) is 6.54 Å². The van der Waals surface area contributed by atoms with Gasteiger partial charge in [-0.2, -0.15) is 0 Å². The Kier molecular flexibility index (Phi) is 2.04. The molecule has 1 nitrogen and oxygen atoms in total. The zero-order valence-corrected chi connectivity index (χ0v) is 7.35. The van der Waals surface area contributed by atoms with Gasteiger partial charge < -0.3 is 5.73 Å². The molecule has 1 aliphatic carbocycles. The van der Waals surface area contributed by atoms with Gasteiger partial charge in [0.25, 0.3) is 0 Å². The fraction of sp³-hybridized carbons (Fsp3) is 1.00. The fourth-order valence-electron chi connectivity index (χ4n) is 2.35. The molecule has 2 N–H and O–H groups in total. The van der Waals surface area contributed by atoms with E-state index in [1.807, 2.05) is 0 Å². The molecule has 0 radical (unpaired) electrons. The maximum absolute atomic E-state index is 5.65. The van der Waals surface area contributed by atoms with Crippen molar-refractivity contribution in [2.24, 2.45) is 23.0 Å². The highest BCUT2D eigenvalue weighted by atomic mass is 14.6. The molecule has 0 spiro atoms. The van der Waals surface area contributed by atoms with Crippen molar-refractivity contribution in [1.82, 2.24) is 0 Å². The maximum Gasteiger partial charge on any atom is -0.00461 e. The van der Waals surface area contributed by atoms with Crippen molar-refractivity contribution < 1.29 is 0 Å². The number of hydrogen-bond donors (Lipinski definition) is 1. The Morgan fingerprint density at radius 2 is 2.00 bits per heavy atom. The Labute approximate surface area is 64.0 Å². The Hall–Kier alpha value is -0.0400. The second-order valence-electron chi connectivity index (χ2n) is 4.55.